The molecule has 0 aromatic heterocycles. The molecule has 0 aliphatic carbocycles. The average Bonchev–Trinajstić information content (AvgIpc) is 2.16. The molecule has 1 rings (SSSR count). The number of aliphatic hydroxyl groups excluding tert-OH is 1. The molecule has 3 N–H and O–H groups in total. The lowest BCUT2D eigenvalue weighted by Crippen LogP contribution is -2.14. The second-order valence-corrected chi connectivity index (χ2v) is 3.83. The van der Waals surface area contributed by atoms with E-state index < -0.39 is 17.8 Å². The Labute approximate surface area is 95.8 Å². The van der Waals surface area contributed by atoms with Gasteiger partial charge in [-0.1, -0.05) is 11.6 Å². The van der Waals surface area contributed by atoms with Crippen molar-refractivity contribution in [2.75, 3.05) is 6.61 Å². The molecule has 6 heteroatoms. The van der Waals surface area contributed by atoms with E-state index >= 15 is 0 Å². The largest absolute Gasteiger partial charge is 0.416 e. The first-order valence-electron chi connectivity index (χ1n) is 4.58. The highest BCUT2D eigenvalue weighted by molar-refractivity contribution is 6.30. The summed E-state index contributed by atoms with van der Waals surface area (Å²) in [6.07, 6.45) is -4.25. The first-order chi connectivity index (χ1) is 7.34. The molecule has 0 fully saturated rings. The van der Waals surface area contributed by atoms with Crippen molar-refractivity contribution in [3.63, 3.8) is 0 Å². The molecule has 0 saturated carbocycles. The molecule has 2 nitrogen and oxygen atoms in total. The topological polar surface area (TPSA) is 46.2 Å². The van der Waals surface area contributed by atoms with Crippen molar-refractivity contribution in [3.8, 4) is 0 Å². The van der Waals surface area contributed by atoms with Gasteiger partial charge in [-0.15, -0.1) is 0 Å². The predicted octanol–water partition coefficient (Wildman–Crippen LogP) is 2.74. The highest BCUT2D eigenvalue weighted by Crippen LogP contribution is 2.33. The minimum atomic E-state index is -4.45. The molecule has 0 bridgehead atoms. The predicted molar refractivity (Wildman–Crippen MR) is 55.1 cm³/mol. The van der Waals surface area contributed by atoms with Crippen LogP contribution in [0, 0.1) is 0 Å². The summed E-state index contributed by atoms with van der Waals surface area (Å²) in [5.41, 5.74) is 5.04. The van der Waals surface area contributed by atoms with Gasteiger partial charge < -0.3 is 10.8 Å². The maximum Gasteiger partial charge on any atom is 0.416 e. The van der Waals surface area contributed by atoms with Gasteiger partial charge in [0.05, 0.1) is 5.56 Å². The Morgan fingerprint density at radius 1 is 1.31 bits per heavy atom. The van der Waals surface area contributed by atoms with Crippen LogP contribution in [0.3, 0.4) is 0 Å². The van der Waals surface area contributed by atoms with Crippen molar-refractivity contribution in [3.05, 3.63) is 34.3 Å². The van der Waals surface area contributed by atoms with Gasteiger partial charge in [-0.25, -0.2) is 0 Å². The van der Waals surface area contributed by atoms with E-state index in [0.717, 1.165) is 12.1 Å². The minimum Gasteiger partial charge on any atom is -0.396 e. The number of benzene rings is 1. The third kappa shape index (κ3) is 3.37. The molecule has 0 saturated heterocycles. The molecule has 0 aliphatic heterocycles. The van der Waals surface area contributed by atoms with Crippen LogP contribution >= 0.6 is 11.6 Å². The van der Waals surface area contributed by atoms with Crippen LogP contribution in [0.25, 0.3) is 0 Å². The lowest BCUT2D eigenvalue weighted by atomic mass is 10.0. The Hall–Kier alpha value is -0.780. The second-order valence-electron chi connectivity index (χ2n) is 3.39. The van der Waals surface area contributed by atoms with Gasteiger partial charge in [0.15, 0.2) is 0 Å². The summed E-state index contributed by atoms with van der Waals surface area (Å²) in [5, 5.41) is 8.65. The monoisotopic (exact) mass is 253 g/mol. The Bertz CT molecular complexity index is 368. The quantitative estimate of drug-likeness (QED) is 0.870. The summed E-state index contributed by atoms with van der Waals surface area (Å²) in [6, 6.07) is 2.52. The standard InChI is InChI=1S/C10H11ClF3NO/c11-8-4-6(9(15)1-2-16)3-7(5-8)10(12,13)14/h3-5,9,16H,1-2,15H2/t9-/m0/s1. The normalized spacial score (nSPS) is 13.9. The van der Waals surface area contributed by atoms with Gasteiger partial charge >= 0.3 is 6.18 Å². The van der Waals surface area contributed by atoms with Crippen LogP contribution < -0.4 is 5.73 Å². The fourth-order valence-electron chi connectivity index (χ4n) is 1.30. The first kappa shape index (κ1) is 13.3. The van der Waals surface area contributed by atoms with Crippen LogP contribution in [0.4, 0.5) is 13.2 Å². The molecule has 0 heterocycles. The van der Waals surface area contributed by atoms with Gasteiger partial charge in [-0.2, -0.15) is 13.2 Å². The number of alkyl halides is 3. The number of nitrogens with two attached hydrogens (primary N) is 1. The van der Waals surface area contributed by atoms with Crippen molar-refractivity contribution in [2.45, 2.75) is 18.6 Å². The molecular weight excluding hydrogens is 243 g/mol. The Balaban J connectivity index is 3.08. The highest BCUT2D eigenvalue weighted by Gasteiger charge is 2.31. The lowest BCUT2D eigenvalue weighted by Gasteiger charge is -2.14. The van der Waals surface area contributed by atoms with Crippen molar-refractivity contribution >= 4 is 11.6 Å². The lowest BCUT2D eigenvalue weighted by molar-refractivity contribution is -0.137. The Morgan fingerprint density at radius 2 is 1.94 bits per heavy atom. The summed E-state index contributed by atoms with van der Waals surface area (Å²) in [6.45, 7) is -0.185. The summed E-state index contributed by atoms with van der Waals surface area (Å²) >= 11 is 5.58. The summed E-state index contributed by atoms with van der Waals surface area (Å²) in [7, 11) is 0. The number of aliphatic hydroxyl groups is 1. The number of halogens is 4. The number of rotatable bonds is 3. The van der Waals surface area contributed by atoms with E-state index in [2.05, 4.69) is 0 Å². The second kappa shape index (κ2) is 5.03. The Morgan fingerprint density at radius 3 is 2.44 bits per heavy atom. The zero-order valence-corrected chi connectivity index (χ0v) is 9.02. The van der Waals surface area contributed by atoms with Crippen LogP contribution in [-0.2, 0) is 6.18 Å². The summed E-state index contributed by atoms with van der Waals surface area (Å²) in [5.74, 6) is 0. The van der Waals surface area contributed by atoms with Crippen LogP contribution in [0.15, 0.2) is 18.2 Å². The van der Waals surface area contributed by atoms with Gasteiger partial charge in [-0.05, 0) is 30.2 Å². The number of hydrogen-bond donors (Lipinski definition) is 2. The summed E-state index contributed by atoms with van der Waals surface area (Å²) < 4.78 is 37.3. The van der Waals surface area contributed by atoms with Crippen LogP contribution in [0.1, 0.15) is 23.6 Å². The molecule has 1 atom stereocenters. The molecule has 0 spiro atoms. The van der Waals surface area contributed by atoms with Crippen molar-refractivity contribution < 1.29 is 18.3 Å². The highest BCUT2D eigenvalue weighted by atomic mass is 35.5. The van der Waals surface area contributed by atoms with Crippen LogP contribution in [-0.4, -0.2) is 11.7 Å². The maximum atomic E-state index is 12.4. The van der Waals surface area contributed by atoms with E-state index in [1.54, 1.807) is 0 Å². The molecule has 1 aromatic rings. The molecule has 1 aromatic carbocycles. The van der Waals surface area contributed by atoms with E-state index in [1.165, 1.54) is 6.07 Å². The Kier molecular flexibility index (Phi) is 4.18. The van der Waals surface area contributed by atoms with Gasteiger partial charge in [-0.3, -0.25) is 0 Å². The van der Waals surface area contributed by atoms with Gasteiger partial charge in [0, 0.05) is 17.7 Å². The SMILES string of the molecule is N[C@@H](CCO)c1cc(Cl)cc(C(F)(F)F)c1. The first-order valence-corrected chi connectivity index (χ1v) is 4.96. The molecule has 0 amide bonds. The third-order valence-corrected chi connectivity index (χ3v) is 2.33. The van der Waals surface area contributed by atoms with Gasteiger partial charge in [0.1, 0.15) is 0 Å². The van der Waals surface area contributed by atoms with E-state index in [4.69, 9.17) is 22.4 Å². The van der Waals surface area contributed by atoms with E-state index in [1.807, 2.05) is 0 Å². The fraction of sp³-hybridized carbons (Fsp3) is 0.400. The van der Waals surface area contributed by atoms with Crippen LogP contribution in [0.5, 0.6) is 0 Å². The van der Waals surface area contributed by atoms with Crippen molar-refractivity contribution in [1.29, 1.82) is 0 Å². The van der Waals surface area contributed by atoms with E-state index in [9.17, 15) is 13.2 Å². The molecule has 90 valence electrons. The summed E-state index contributed by atoms with van der Waals surface area (Å²) in [4.78, 5) is 0. The van der Waals surface area contributed by atoms with E-state index in [0.29, 0.717) is 0 Å². The molecule has 0 radical (unpaired) electrons. The molecule has 0 unspecified atom stereocenters. The van der Waals surface area contributed by atoms with Crippen molar-refractivity contribution in [2.24, 2.45) is 5.73 Å². The van der Waals surface area contributed by atoms with Crippen LogP contribution in [0.2, 0.25) is 5.02 Å². The smallest absolute Gasteiger partial charge is 0.396 e. The average molecular weight is 254 g/mol. The fourth-order valence-corrected chi connectivity index (χ4v) is 1.54. The van der Waals surface area contributed by atoms with Crippen molar-refractivity contribution in [1.82, 2.24) is 0 Å². The third-order valence-electron chi connectivity index (χ3n) is 2.12. The molecular formula is C10H11ClF3NO. The molecule has 0 aliphatic rings. The maximum absolute atomic E-state index is 12.4. The number of hydrogen-bond acceptors (Lipinski definition) is 2. The van der Waals surface area contributed by atoms with Gasteiger partial charge in [0.25, 0.3) is 0 Å². The zero-order chi connectivity index (χ0) is 12.3. The zero-order valence-electron chi connectivity index (χ0n) is 8.26. The molecule has 16 heavy (non-hydrogen) atoms. The minimum absolute atomic E-state index is 0.0155. The van der Waals surface area contributed by atoms with Gasteiger partial charge in [0.2, 0.25) is 0 Å². The van der Waals surface area contributed by atoms with E-state index in [-0.39, 0.29) is 23.6 Å².